The second-order valence-electron chi connectivity index (χ2n) is 8.37. The molecule has 2 aromatic carbocycles. The van der Waals surface area contributed by atoms with Gasteiger partial charge in [0, 0.05) is 11.6 Å². The van der Waals surface area contributed by atoms with Crippen LogP contribution in [0.25, 0.3) is 11.0 Å². The van der Waals surface area contributed by atoms with Crippen LogP contribution in [0, 0.1) is 6.92 Å². The smallest absolute Gasteiger partial charge is 0.290 e. The number of hydrogen-bond donors (Lipinski definition) is 1. The van der Waals surface area contributed by atoms with Gasteiger partial charge in [0.1, 0.15) is 11.3 Å². The largest absolute Gasteiger partial charge is 0.494 e. The lowest BCUT2D eigenvalue weighted by Gasteiger charge is -2.24. The molecule has 0 saturated heterocycles. The summed E-state index contributed by atoms with van der Waals surface area (Å²) >= 11 is 6.25. The highest BCUT2D eigenvalue weighted by atomic mass is 35.5. The van der Waals surface area contributed by atoms with Crippen molar-refractivity contribution in [2.24, 2.45) is 0 Å². The van der Waals surface area contributed by atoms with Gasteiger partial charge in [0.25, 0.3) is 5.91 Å². The standard InChI is InChI=1S/C26H28ClNO5/c1-3-4-5-6-13-32-18-9-7-17(8-10-18)23-22-24(30)19-15-20(27)16(2)14-21(19)33-25(22)26(31)28(23)11-12-29/h7-10,14-15,23,29H,3-6,11-13H2,1-2H3. The number of amides is 1. The molecule has 0 spiro atoms. The first-order valence-electron chi connectivity index (χ1n) is 11.4. The third kappa shape index (κ3) is 4.50. The van der Waals surface area contributed by atoms with Crippen LogP contribution in [-0.2, 0) is 0 Å². The predicted octanol–water partition coefficient (Wildman–Crippen LogP) is 5.25. The van der Waals surface area contributed by atoms with Crippen molar-refractivity contribution < 1.29 is 19.1 Å². The van der Waals surface area contributed by atoms with Crippen LogP contribution < -0.4 is 10.2 Å². The molecule has 2 heterocycles. The highest BCUT2D eigenvalue weighted by Gasteiger charge is 2.42. The van der Waals surface area contributed by atoms with E-state index in [0.29, 0.717) is 22.6 Å². The van der Waals surface area contributed by atoms with Crippen LogP contribution in [0.1, 0.15) is 65.9 Å². The SMILES string of the molecule is CCCCCCOc1ccc(C2c3c(oc4cc(C)c(Cl)cc4c3=O)C(=O)N2CCO)cc1. The second kappa shape index (κ2) is 9.98. The van der Waals surface area contributed by atoms with Crippen LogP contribution in [0.15, 0.2) is 45.6 Å². The first-order chi connectivity index (χ1) is 16.0. The fourth-order valence-corrected chi connectivity index (χ4v) is 4.45. The summed E-state index contributed by atoms with van der Waals surface area (Å²) in [5, 5.41) is 10.4. The molecule has 0 aliphatic carbocycles. The number of fused-ring (bicyclic) bond motifs is 2. The third-order valence-electron chi connectivity index (χ3n) is 6.05. The summed E-state index contributed by atoms with van der Waals surface area (Å²) in [5.41, 5.74) is 1.81. The van der Waals surface area contributed by atoms with Gasteiger partial charge in [-0.15, -0.1) is 0 Å². The molecule has 6 nitrogen and oxygen atoms in total. The molecule has 174 valence electrons. The monoisotopic (exact) mass is 469 g/mol. The molecule has 0 saturated carbocycles. The molecule has 7 heteroatoms. The van der Waals surface area contributed by atoms with Crippen molar-refractivity contribution in [1.29, 1.82) is 0 Å². The molecular formula is C26H28ClNO5. The Bertz CT molecular complexity index is 1220. The molecule has 1 amide bonds. The third-order valence-corrected chi connectivity index (χ3v) is 6.46. The van der Waals surface area contributed by atoms with E-state index < -0.39 is 11.9 Å². The van der Waals surface area contributed by atoms with Crippen LogP contribution in [0.4, 0.5) is 0 Å². The van der Waals surface area contributed by atoms with Crippen LogP contribution in [0.2, 0.25) is 5.02 Å². The minimum atomic E-state index is -0.654. The zero-order valence-corrected chi connectivity index (χ0v) is 19.7. The Hall–Kier alpha value is -2.83. The number of aliphatic hydroxyl groups is 1. The number of ether oxygens (including phenoxy) is 1. The lowest BCUT2D eigenvalue weighted by Crippen LogP contribution is -2.32. The number of carbonyl (C=O) groups is 1. The normalized spacial score (nSPS) is 15.3. The summed E-state index contributed by atoms with van der Waals surface area (Å²) in [4.78, 5) is 28.1. The molecule has 1 aliphatic rings. The van der Waals surface area contributed by atoms with Crippen LogP contribution >= 0.6 is 11.6 Å². The molecule has 4 rings (SSSR count). The average Bonchev–Trinajstić information content (AvgIpc) is 3.08. The van der Waals surface area contributed by atoms with Crippen molar-refractivity contribution in [3.05, 3.63) is 74.1 Å². The van der Waals surface area contributed by atoms with E-state index in [4.69, 9.17) is 20.8 Å². The summed E-state index contributed by atoms with van der Waals surface area (Å²) in [5.74, 6) is 0.345. The minimum Gasteiger partial charge on any atom is -0.494 e. The Morgan fingerprint density at radius 3 is 2.58 bits per heavy atom. The van der Waals surface area contributed by atoms with Crippen molar-refractivity contribution >= 4 is 28.5 Å². The van der Waals surface area contributed by atoms with E-state index >= 15 is 0 Å². The van der Waals surface area contributed by atoms with E-state index in [1.165, 1.54) is 17.7 Å². The summed E-state index contributed by atoms with van der Waals surface area (Å²) in [6, 6.07) is 10.00. The Labute approximate surface area is 197 Å². The number of halogens is 1. The second-order valence-corrected chi connectivity index (χ2v) is 8.78. The van der Waals surface area contributed by atoms with Gasteiger partial charge in [-0.2, -0.15) is 0 Å². The number of rotatable bonds is 9. The fraction of sp³-hybridized carbons (Fsp3) is 0.385. The van der Waals surface area contributed by atoms with E-state index in [1.807, 2.05) is 31.2 Å². The first kappa shape index (κ1) is 23.3. The molecule has 1 N–H and O–H groups in total. The summed E-state index contributed by atoms with van der Waals surface area (Å²) in [7, 11) is 0. The number of hydrogen-bond acceptors (Lipinski definition) is 5. The van der Waals surface area contributed by atoms with Crippen molar-refractivity contribution in [3.63, 3.8) is 0 Å². The van der Waals surface area contributed by atoms with Crippen LogP contribution in [0.3, 0.4) is 0 Å². The number of nitrogens with zero attached hydrogens (tertiary/aromatic N) is 1. The quantitative estimate of drug-likeness (QED) is 0.433. The topological polar surface area (TPSA) is 80.0 Å². The zero-order valence-electron chi connectivity index (χ0n) is 18.9. The summed E-state index contributed by atoms with van der Waals surface area (Å²) < 4.78 is 11.7. The minimum absolute atomic E-state index is 0.0175. The number of aliphatic hydroxyl groups excluding tert-OH is 1. The maximum Gasteiger partial charge on any atom is 0.290 e. The van der Waals surface area contributed by atoms with Crippen molar-refractivity contribution in [2.45, 2.75) is 45.6 Å². The van der Waals surface area contributed by atoms with E-state index in [0.717, 1.165) is 29.7 Å². The molecule has 1 aromatic heterocycles. The Morgan fingerprint density at radius 2 is 1.88 bits per heavy atom. The Balaban J connectivity index is 1.71. The van der Waals surface area contributed by atoms with Gasteiger partial charge in [0.15, 0.2) is 5.43 Å². The fourth-order valence-electron chi connectivity index (χ4n) is 4.29. The highest BCUT2D eigenvalue weighted by Crippen LogP contribution is 2.38. The van der Waals surface area contributed by atoms with Crippen molar-refractivity contribution in [1.82, 2.24) is 4.90 Å². The number of benzene rings is 2. The maximum absolute atomic E-state index is 13.5. The van der Waals surface area contributed by atoms with E-state index in [-0.39, 0.29) is 29.9 Å². The average molecular weight is 470 g/mol. The Kier molecular flexibility index (Phi) is 7.05. The molecule has 3 aromatic rings. The molecule has 1 unspecified atom stereocenters. The van der Waals surface area contributed by atoms with Gasteiger partial charge in [-0.3, -0.25) is 9.59 Å². The molecule has 0 bridgehead atoms. The highest BCUT2D eigenvalue weighted by molar-refractivity contribution is 6.32. The van der Waals surface area contributed by atoms with E-state index in [2.05, 4.69) is 6.92 Å². The lowest BCUT2D eigenvalue weighted by atomic mass is 9.98. The number of carbonyl (C=O) groups excluding carboxylic acids is 1. The van der Waals surface area contributed by atoms with Crippen LogP contribution in [0.5, 0.6) is 5.75 Å². The van der Waals surface area contributed by atoms with Gasteiger partial charge in [-0.25, -0.2) is 0 Å². The molecule has 1 aliphatic heterocycles. The molecular weight excluding hydrogens is 442 g/mol. The van der Waals surface area contributed by atoms with Crippen molar-refractivity contribution in [2.75, 3.05) is 19.8 Å². The lowest BCUT2D eigenvalue weighted by molar-refractivity contribution is 0.0691. The van der Waals surface area contributed by atoms with Gasteiger partial charge in [-0.1, -0.05) is 49.9 Å². The van der Waals surface area contributed by atoms with E-state index in [9.17, 15) is 14.7 Å². The first-order valence-corrected chi connectivity index (χ1v) is 11.8. The molecule has 0 radical (unpaired) electrons. The molecule has 1 atom stereocenters. The van der Waals surface area contributed by atoms with Crippen LogP contribution in [-0.4, -0.2) is 35.7 Å². The summed E-state index contributed by atoms with van der Waals surface area (Å²) in [6.45, 7) is 4.49. The number of unbranched alkanes of at least 4 members (excludes halogenated alkanes) is 3. The van der Waals surface area contributed by atoms with E-state index in [1.54, 1.807) is 12.1 Å². The van der Waals surface area contributed by atoms with Gasteiger partial charge in [0.2, 0.25) is 5.76 Å². The van der Waals surface area contributed by atoms with Crippen molar-refractivity contribution in [3.8, 4) is 5.75 Å². The molecule has 0 fully saturated rings. The molecule has 33 heavy (non-hydrogen) atoms. The Morgan fingerprint density at radius 1 is 1.12 bits per heavy atom. The maximum atomic E-state index is 13.5. The van der Waals surface area contributed by atoms with Gasteiger partial charge < -0.3 is 19.2 Å². The van der Waals surface area contributed by atoms with Gasteiger partial charge in [-0.05, 0) is 48.7 Å². The predicted molar refractivity (Wildman–Crippen MR) is 128 cm³/mol. The van der Waals surface area contributed by atoms with Gasteiger partial charge >= 0.3 is 0 Å². The van der Waals surface area contributed by atoms with Gasteiger partial charge in [0.05, 0.1) is 30.2 Å². The zero-order chi connectivity index (χ0) is 23.5. The number of aryl methyl sites for hydroxylation is 1. The number of β-amino-alcohol motifs (C(OH)–C–C–N with tert-alkyl or cyclic N) is 1. The summed E-state index contributed by atoms with van der Waals surface area (Å²) in [6.07, 6.45) is 4.51.